The summed E-state index contributed by atoms with van der Waals surface area (Å²) >= 11 is 0. The number of aromatic nitrogens is 3. The highest BCUT2D eigenvalue weighted by Crippen LogP contribution is 2.05. The van der Waals surface area contributed by atoms with E-state index in [0.29, 0.717) is 13.2 Å². The molecule has 90 valence electrons. The Kier molecular flexibility index (Phi) is 3.82. The van der Waals surface area contributed by atoms with Gasteiger partial charge < -0.3 is 9.30 Å². The molecule has 17 heavy (non-hydrogen) atoms. The quantitative estimate of drug-likeness (QED) is 0.728. The van der Waals surface area contributed by atoms with Gasteiger partial charge >= 0.3 is 0 Å². The molecule has 5 heteroatoms. The molecule has 0 amide bonds. The van der Waals surface area contributed by atoms with Gasteiger partial charge in [0.15, 0.2) is 0 Å². The molecule has 0 aliphatic rings. The second kappa shape index (κ2) is 5.54. The molecule has 0 aromatic carbocycles. The average Bonchev–Trinajstić information content (AvgIpc) is 2.37. The molecule has 0 saturated heterocycles. The molecule has 0 radical (unpaired) electrons. The predicted molar refractivity (Wildman–Crippen MR) is 64.9 cm³/mol. The van der Waals surface area contributed by atoms with Crippen molar-refractivity contribution >= 4 is 11.0 Å². The van der Waals surface area contributed by atoms with E-state index in [1.165, 1.54) is 6.20 Å². The molecule has 0 bridgehead atoms. The van der Waals surface area contributed by atoms with Gasteiger partial charge in [-0.05, 0) is 12.5 Å². The van der Waals surface area contributed by atoms with Crippen molar-refractivity contribution in [2.45, 2.75) is 19.9 Å². The molecule has 0 spiro atoms. The van der Waals surface area contributed by atoms with E-state index in [1.54, 1.807) is 23.0 Å². The normalized spacial score (nSPS) is 10.9. The fourth-order valence-corrected chi connectivity index (χ4v) is 1.65. The summed E-state index contributed by atoms with van der Waals surface area (Å²) in [6.45, 7) is 3.86. The van der Waals surface area contributed by atoms with Gasteiger partial charge in [0.2, 0.25) is 0 Å². The Hall–Kier alpha value is -1.75. The summed E-state index contributed by atoms with van der Waals surface area (Å²) in [5.74, 6) is 0. The highest BCUT2D eigenvalue weighted by molar-refractivity contribution is 5.72. The first-order valence-corrected chi connectivity index (χ1v) is 5.70. The summed E-state index contributed by atoms with van der Waals surface area (Å²) in [5, 5.41) is 0. The Morgan fingerprint density at radius 2 is 2.24 bits per heavy atom. The van der Waals surface area contributed by atoms with E-state index in [1.807, 2.05) is 0 Å². The zero-order chi connectivity index (χ0) is 12.1. The second-order valence-corrected chi connectivity index (χ2v) is 3.72. The Balaban J connectivity index is 2.25. The van der Waals surface area contributed by atoms with E-state index < -0.39 is 0 Å². The summed E-state index contributed by atoms with van der Waals surface area (Å²) in [6, 6.07) is 1.80. The van der Waals surface area contributed by atoms with Gasteiger partial charge in [-0.15, -0.1) is 0 Å². The molecule has 5 nitrogen and oxygen atoms in total. The molecule has 0 fully saturated rings. The first-order valence-electron chi connectivity index (χ1n) is 5.70. The molecule has 0 N–H and O–H groups in total. The van der Waals surface area contributed by atoms with Gasteiger partial charge in [0.05, 0.1) is 24.5 Å². The van der Waals surface area contributed by atoms with Crippen LogP contribution in [0.2, 0.25) is 0 Å². The Labute approximate surface area is 99.1 Å². The Bertz CT molecular complexity index is 551. The minimum absolute atomic E-state index is 0.108. The SMILES string of the molecule is CCCOCCn1c(=O)cnc2cnccc21. The first kappa shape index (κ1) is 11.7. The molecule has 2 aromatic heterocycles. The van der Waals surface area contributed by atoms with Crippen molar-refractivity contribution in [3.63, 3.8) is 0 Å². The van der Waals surface area contributed by atoms with Gasteiger partial charge in [0.25, 0.3) is 5.56 Å². The van der Waals surface area contributed by atoms with Crippen LogP contribution in [0.1, 0.15) is 13.3 Å². The van der Waals surface area contributed by atoms with Crippen LogP contribution in [0.3, 0.4) is 0 Å². The monoisotopic (exact) mass is 233 g/mol. The number of hydrogen-bond acceptors (Lipinski definition) is 4. The van der Waals surface area contributed by atoms with Gasteiger partial charge in [0, 0.05) is 19.3 Å². The van der Waals surface area contributed by atoms with Crippen LogP contribution in [-0.2, 0) is 11.3 Å². The topological polar surface area (TPSA) is 57.0 Å². The number of hydrogen-bond donors (Lipinski definition) is 0. The lowest BCUT2D eigenvalue weighted by Gasteiger charge is -2.09. The van der Waals surface area contributed by atoms with E-state index in [0.717, 1.165) is 24.1 Å². The zero-order valence-corrected chi connectivity index (χ0v) is 9.80. The first-order chi connectivity index (χ1) is 8.33. The van der Waals surface area contributed by atoms with Crippen LogP contribution in [0.4, 0.5) is 0 Å². The number of rotatable bonds is 5. The van der Waals surface area contributed by atoms with Crippen molar-refractivity contribution in [2.24, 2.45) is 0 Å². The predicted octanol–water partition coefficient (Wildman–Crippen LogP) is 1.22. The van der Waals surface area contributed by atoms with Crippen molar-refractivity contribution in [2.75, 3.05) is 13.2 Å². The molecular weight excluding hydrogens is 218 g/mol. The fraction of sp³-hybridized carbons (Fsp3) is 0.417. The van der Waals surface area contributed by atoms with E-state index in [4.69, 9.17) is 4.74 Å². The lowest BCUT2D eigenvalue weighted by atomic mass is 10.3. The third-order valence-electron chi connectivity index (χ3n) is 2.46. The third kappa shape index (κ3) is 2.68. The van der Waals surface area contributed by atoms with Crippen LogP contribution in [0, 0.1) is 0 Å². The maximum atomic E-state index is 11.7. The molecular formula is C12H15N3O2. The highest BCUT2D eigenvalue weighted by atomic mass is 16.5. The minimum Gasteiger partial charge on any atom is -0.380 e. The van der Waals surface area contributed by atoms with Crippen molar-refractivity contribution in [1.29, 1.82) is 0 Å². The van der Waals surface area contributed by atoms with Crippen LogP contribution < -0.4 is 5.56 Å². The van der Waals surface area contributed by atoms with E-state index in [9.17, 15) is 4.79 Å². The summed E-state index contributed by atoms with van der Waals surface area (Å²) in [4.78, 5) is 19.8. The number of fused-ring (bicyclic) bond motifs is 1. The van der Waals surface area contributed by atoms with Crippen molar-refractivity contribution in [3.05, 3.63) is 35.0 Å². The summed E-state index contributed by atoms with van der Waals surface area (Å²) in [7, 11) is 0. The molecule has 0 saturated carbocycles. The molecule has 0 aliphatic heterocycles. The van der Waals surface area contributed by atoms with E-state index >= 15 is 0 Å². The lowest BCUT2D eigenvalue weighted by molar-refractivity contribution is 0.127. The molecule has 0 atom stereocenters. The van der Waals surface area contributed by atoms with Crippen LogP contribution in [0.5, 0.6) is 0 Å². The Morgan fingerprint density at radius 3 is 3.06 bits per heavy atom. The number of ether oxygens (including phenoxy) is 1. The third-order valence-corrected chi connectivity index (χ3v) is 2.46. The number of pyridine rings is 1. The zero-order valence-electron chi connectivity index (χ0n) is 9.80. The smallest absolute Gasteiger partial charge is 0.269 e. The van der Waals surface area contributed by atoms with Gasteiger partial charge in [-0.1, -0.05) is 6.92 Å². The van der Waals surface area contributed by atoms with E-state index in [2.05, 4.69) is 16.9 Å². The average molecular weight is 233 g/mol. The fourth-order valence-electron chi connectivity index (χ4n) is 1.65. The molecule has 2 rings (SSSR count). The molecule has 2 heterocycles. The van der Waals surface area contributed by atoms with Crippen molar-refractivity contribution in [3.8, 4) is 0 Å². The highest BCUT2D eigenvalue weighted by Gasteiger charge is 2.03. The molecule has 0 unspecified atom stereocenters. The van der Waals surface area contributed by atoms with Gasteiger partial charge in [-0.3, -0.25) is 9.78 Å². The maximum Gasteiger partial charge on any atom is 0.269 e. The largest absolute Gasteiger partial charge is 0.380 e. The minimum atomic E-state index is -0.108. The van der Waals surface area contributed by atoms with Crippen molar-refractivity contribution < 1.29 is 4.74 Å². The van der Waals surface area contributed by atoms with E-state index in [-0.39, 0.29) is 5.56 Å². The second-order valence-electron chi connectivity index (χ2n) is 3.72. The van der Waals surface area contributed by atoms with Gasteiger partial charge in [-0.25, -0.2) is 4.98 Å². The van der Waals surface area contributed by atoms with Gasteiger partial charge in [-0.2, -0.15) is 0 Å². The van der Waals surface area contributed by atoms with Gasteiger partial charge in [0.1, 0.15) is 5.52 Å². The molecule has 0 aliphatic carbocycles. The van der Waals surface area contributed by atoms with Crippen LogP contribution in [-0.4, -0.2) is 27.7 Å². The maximum absolute atomic E-state index is 11.7. The van der Waals surface area contributed by atoms with Crippen LogP contribution in [0.15, 0.2) is 29.5 Å². The molecule has 2 aromatic rings. The summed E-state index contributed by atoms with van der Waals surface area (Å²) in [5.41, 5.74) is 1.42. The summed E-state index contributed by atoms with van der Waals surface area (Å²) < 4.78 is 7.06. The lowest BCUT2D eigenvalue weighted by Crippen LogP contribution is -2.23. The van der Waals surface area contributed by atoms with Crippen LogP contribution in [0.25, 0.3) is 11.0 Å². The standard InChI is InChI=1S/C12H15N3O2/c1-2-6-17-7-5-15-11-3-4-13-8-10(11)14-9-12(15)16/h3-4,8-9H,2,5-7H2,1H3. The number of nitrogens with zero attached hydrogens (tertiary/aromatic N) is 3. The Morgan fingerprint density at radius 1 is 1.35 bits per heavy atom. The summed E-state index contributed by atoms with van der Waals surface area (Å²) in [6.07, 6.45) is 5.62. The van der Waals surface area contributed by atoms with Crippen molar-refractivity contribution in [1.82, 2.24) is 14.5 Å². The van der Waals surface area contributed by atoms with Crippen LogP contribution >= 0.6 is 0 Å².